The number of ether oxygens (including phenoxy) is 1. The molecule has 0 saturated heterocycles. The van der Waals surface area contributed by atoms with Gasteiger partial charge < -0.3 is 25.2 Å². The Morgan fingerprint density at radius 1 is 0.974 bits per heavy atom. The van der Waals surface area contributed by atoms with Gasteiger partial charge in [-0.05, 0) is 74.0 Å². The average molecular weight is 598 g/mol. The van der Waals surface area contributed by atoms with Crippen molar-refractivity contribution in [2.75, 3.05) is 70.2 Å². The maximum atomic E-state index is 5.73. The molecule has 2 heterocycles. The zero-order chi connectivity index (χ0) is 27.4. The minimum Gasteiger partial charge on any atom is -0.494 e. The summed E-state index contributed by atoms with van der Waals surface area (Å²) in [7, 11) is 7.47. The van der Waals surface area contributed by atoms with Gasteiger partial charge in [-0.3, -0.25) is 9.97 Å². The highest BCUT2D eigenvalue weighted by Crippen LogP contribution is 2.36. The summed E-state index contributed by atoms with van der Waals surface area (Å²) >= 11 is 3.60. The molecule has 0 atom stereocenters. The molecule has 0 aliphatic rings. The summed E-state index contributed by atoms with van der Waals surface area (Å²) in [5, 5.41) is 7.99. The highest BCUT2D eigenvalue weighted by atomic mass is 79.9. The molecule has 2 N–H and O–H groups in total. The van der Waals surface area contributed by atoms with Gasteiger partial charge in [-0.15, -0.1) is 0 Å². The van der Waals surface area contributed by atoms with Crippen LogP contribution in [0.3, 0.4) is 0 Å². The molecule has 200 valence electrons. The number of likely N-dealkylation sites (N-methyl/N-ethyl adjacent to an activating group) is 2. The first-order valence-electron chi connectivity index (χ1n) is 12.2. The van der Waals surface area contributed by atoms with Crippen molar-refractivity contribution in [3.63, 3.8) is 0 Å². The molecule has 0 saturated carbocycles. The van der Waals surface area contributed by atoms with Gasteiger partial charge in [-0.1, -0.05) is 7.92 Å². The van der Waals surface area contributed by atoms with E-state index in [1.807, 2.05) is 12.1 Å². The molecule has 0 bridgehead atoms. The standard InChI is InChI=1S/C27H34BrN8OP/c1-17-14-21(23(37-5)15-22(17)36(4)13-12-35(2)3)33-27-31-16-18(28)26(34-27)32-20-9-8-19-24(25(20)38(6)7)30-11-10-29-19/h8-11,14-16H,12-13H2,1-7H3,(H2,31,32,33,34). The summed E-state index contributed by atoms with van der Waals surface area (Å²) in [6.07, 6.45) is 5.19. The number of anilines is 5. The average Bonchev–Trinajstić information content (AvgIpc) is 2.89. The third-order valence-electron chi connectivity index (χ3n) is 6.12. The second-order valence-corrected chi connectivity index (χ2v) is 12.6. The van der Waals surface area contributed by atoms with Crippen LogP contribution in [0.1, 0.15) is 5.56 Å². The predicted octanol–water partition coefficient (Wildman–Crippen LogP) is 5.35. The second-order valence-electron chi connectivity index (χ2n) is 9.48. The largest absolute Gasteiger partial charge is 0.494 e. The molecule has 4 rings (SSSR count). The summed E-state index contributed by atoms with van der Waals surface area (Å²) in [4.78, 5) is 22.8. The van der Waals surface area contributed by atoms with Gasteiger partial charge in [-0.2, -0.15) is 4.98 Å². The van der Waals surface area contributed by atoms with Crippen molar-refractivity contribution in [1.29, 1.82) is 0 Å². The van der Waals surface area contributed by atoms with E-state index in [1.165, 1.54) is 0 Å². The lowest BCUT2D eigenvalue weighted by molar-refractivity contribution is 0.413. The molecule has 0 amide bonds. The first kappa shape index (κ1) is 28.0. The maximum Gasteiger partial charge on any atom is 0.229 e. The summed E-state index contributed by atoms with van der Waals surface area (Å²) in [5.41, 5.74) is 5.80. The first-order valence-corrected chi connectivity index (χ1v) is 15.2. The summed E-state index contributed by atoms with van der Waals surface area (Å²) < 4.78 is 6.49. The summed E-state index contributed by atoms with van der Waals surface area (Å²) in [5.74, 6) is 1.83. The van der Waals surface area contributed by atoms with Crippen molar-refractivity contribution in [1.82, 2.24) is 24.8 Å². The van der Waals surface area contributed by atoms with Crippen molar-refractivity contribution in [2.24, 2.45) is 0 Å². The molecule has 0 radical (unpaired) electrons. The zero-order valence-corrected chi connectivity index (χ0v) is 25.4. The van der Waals surface area contributed by atoms with Crippen LogP contribution < -0.4 is 25.6 Å². The van der Waals surface area contributed by atoms with Crippen molar-refractivity contribution < 1.29 is 4.74 Å². The number of halogens is 1. The van der Waals surface area contributed by atoms with E-state index < -0.39 is 7.92 Å². The zero-order valence-electron chi connectivity index (χ0n) is 22.9. The Labute approximate surface area is 233 Å². The van der Waals surface area contributed by atoms with Gasteiger partial charge >= 0.3 is 0 Å². The van der Waals surface area contributed by atoms with Crippen LogP contribution in [0.4, 0.5) is 28.8 Å². The lowest BCUT2D eigenvalue weighted by atomic mass is 10.1. The van der Waals surface area contributed by atoms with E-state index in [0.717, 1.165) is 62.3 Å². The van der Waals surface area contributed by atoms with E-state index in [4.69, 9.17) is 9.72 Å². The molecular formula is C27H34BrN8OP. The Balaban J connectivity index is 1.63. The second kappa shape index (κ2) is 12.2. The van der Waals surface area contributed by atoms with Crippen LogP contribution in [-0.4, -0.2) is 79.5 Å². The van der Waals surface area contributed by atoms with Gasteiger partial charge in [0.1, 0.15) is 11.6 Å². The number of nitrogens with zero attached hydrogens (tertiary/aromatic N) is 6. The van der Waals surface area contributed by atoms with Crippen molar-refractivity contribution in [2.45, 2.75) is 6.92 Å². The summed E-state index contributed by atoms with van der Waals surface area (Å²) in [6.45, 7) is 8.39. The normalized spacial score (nSPS) is 11.3. The third-order valence-corrected chi connectivity index (χ3v) is 8.04. The van der Waals surface area contributed by atoms with Crippen LogP contribution in [0.15, 0.2) is 47.3 Å². The van der Waals surface area contributed by atoms with Gasteiger partial charge in [0.2, 0.25) is 5.95 Å². The topological polar surface area (TPSA) is 91.3 Å². The first-order chi connectivity index (χ1) is 18.2. The smallest absolute Gasteiger partial charge is 0.229 e. The number of fused-ring (bicyclic) bond motifs is 1. The molecule has 4 aromatic rings. The highest BCUT2D eigenvalue weighted by molar-refractivity contribution is 9.10. The SMILES string of the molecule is COc1cc(N(C)CCN(C)C)c(C)cc1Nc1ncc(Br)c(Nc2ccc3nccnc3c2P(C)C)n1. The fourth-order valence-corrected chi connectivity index (χ4v) is 5.66. The Morgan fingerprint density at radius 3 is 2.45 bits per heavy atom. The van der Waals surface area contributed by atoms with Crippen LogP contribution >= 0.6 is 23.9 Å². The van der Waals surface area contributed by atoms with Crippen LogP contribution in [0.2, 0.25) is 0 Å². The summed E-state index contributed by atoms with van der Waals surface area (Å²) in [6, 6.07) is 8.14. The monoisotopic (exact) mass is 596 g/mol. The van der Waals surface area contributed by atoms with Crippen LogP contribution in [-0.2, 0) is 0 Å². The molecule has 2 aromatic heterocycles. The minimum atomic E-state index is -0.458. The Kier molecular flexibility index (Phi) is 8.97. The van der Waals surface area contributed by atoms with Crippen molar-refractivity contribution in [3.8, 4) is 5.75 Å². The fourth-order valence-electron chi connectivity index (χ4n) is 4.16. The van der Waals surface area contributed by atoms with Gasteiger partial charge in [0.25, 0.3) is 0 Å². The van der Waals surface area contributed by atoms with Gasteiger partial charge in [0.15, 0.2) is 0 Å². The number of nitrogens with one attached hydrogen (secondary N) is 2. The molecule has 38 heavy (non-hydrogen) atoms. The van der Waals surface area contributed by atoms with E-state index >= 15 is 0 Å². The predicted molar refractivity (Wildman–Crippen MR) is 164 cm³/mol. The van der Waals surface area contributed by atoms with Crippen molar-refractivity contribution >= 4 is 69.0 Å². The van der Waals surface area contributed by atoms with Crippen LogP contribution in [0.25, 0.3) is 11.0 Å². The van der Waals surface area contributed by atoms with Crippen LogP contribution in [0.5, 0.6) is 5.75 Å². The van der Waals surface area contributed by atoms with E-state index in [1.54, 1.807) is 25.7 Å². The van der Waals surface area contributed by atoms with Gasteiger partial charge in [-0.25, -0.2) is 4.98 Å². The van der Waals surface area contributed by atoms with Gasteiger partial charge in [0.05, 0.1) is 28.3 Å². The number of hydrogen-bond acceptors (Lipinski definition) is 9. The molecular weight excluding hydrogens is 563 g/mol. The highest BCUT2D eigenvalue weighted by Gasteiger charge is 2.17. The Bertz CT molecular complexity index is 1430. The molecule has 0 aliphatic carbocycles. The lowest BCUT2D eigenvalue weighted by Gasteiger charge is -2.25. The van der Waals surface area contributed by atoms with Crippen molar-refractivity contribution in [3.05, 3.63) is 52.9 Å². The lowest BCUT2D eigenvalue weighted by Crippen LogP contribution is -2.28. The van der Waals surface area contributed by atoms with E-state index in [0.29, 0.717) is 11.8 Å². The number of aromatic nitrogens is 4. The molecule has 2 aromatic carbocycles. The molecule has 11 heteroatoms. The quantitative estimate of drug-likeness (QED) is 0.235. The Hall–Kier alpha value is -3.07. The number of aryl methyl sites for hydroxylation is 1. The number of hydrogen-bond donors (Lipinski definition) is 2. The minimum absolute atomic E-state index is 0.458. The van der Waals surface area contributed by atoms with E-state index in [9.17, 15) is 0 Å². The molecule has 0 spiro atoms. The molecule has 0 aliphatic heterocycles. The van der Waals surface area contributed by atoms with E-state index in [-0.39, 0.29) is 0 Å². The molecule has 0 fully saturated rings. The molecule has 0 unspecified atom stereocenters. The fraction of sp³-hybridized carbons (Fsp3) is 0.333. The number of benzene rings is 2. The third kappa shape index (κ3) is 6.31. The van der Waals surface area contributed by atoms with E-state index in [2.05, 4.69) is 105 Å². The van der Waals surface area contributed by atoms with Crippen LogP contribution in [0, 0.1) is 6.92 Å². The Morgan fingerprint density at radius 2 is 1.74 bits per heavy atom. The number of rotatable bonds is 10. The maximum absolute atomic E-state index is 5.73. The van der Waals surface area contributed by atoms with Gasteiger partial charge in [0, 0.05) is 61.5 Å². The number of methoxy groups -OCH3 is 1. The molecule has 9 nitrogen and oxygen atoms in total.